The SMILES string of the molecule is CC(=O)Nc1cc(NC(=O)C2CCCO2)ccc1F. The lowest BCUT2D eigenvalue weighted by molar-refractivity contribution is -0.124. The minimum absolute atomic E-state index is 0.0395. The summed E-state index contributed by atoms with van der Waals surface area (Å²) >= 11 is 0. The van der Waals surface area contributed by atoms with E-state index in [0.29, 0.717) is 18.7 Å². The molecule has 0 spiro atoms. The molecule has 1 heterocycles. The van der Waals surface area contributed by atoms with Crippen LogP contribution in [0, 0.1) is 5.82 Å². The van der Waals surface area contributed by atoms with E-state index in [4.69, 9.17) is 4.74 Å². The van der Waals surface area contributed by atoms with Gasteiger partial charge in [0, 0.05) is 19.2 Å². The minimum Gasteiger partial charge on any atom is -0.368 e. The Hall–Kier alpha value is -1.95. The van der Waals surface area contributed by atoms with Crippen molar-refractivity contribution in [2.24, 2.45) is 0 Å². The van der Waals surface area contributed by atoms with Gasteiger partial charge in [-0.25, -0.2) is 4.39 Å². The van der Waals surface area contributed by atoms with Crippen molar-refractivity contribution in [1.29, 1.82) is 0 Å². The molecule has 1 aliphatic rings. The Morgan fingerprint density at radius 1 is 1.37 bits per heavy atom. The zero-order valence-corrected chi connectivity index (χ0v) is 10.5. The zero-order valence-electron chi connectivity index (χ0n) is 10.5. The normalized spacial score (nSPS) is 18.1. The Kier molecular flexibility index (Phi) is 4.11. The number of anilines is 2. The second-order valence-corrected chi connectivity index (χ2v) is 4.37. The maximum Gasteiger partial charge on any atom is 0.253 e. The molecule has 0 bridgehead atoms. The van der Waals surface area contributed by atoms with Crippen LogP contribution in [0.3, 0.4) is 0 Å². The quantitative estimate of drug-likeness (QED) is 0.878. The summed E-state index contributed by atoms with van der Waals surface area (Å²) in [6, 6.07) is 4.01. The van der Waals surface area contributed by atoms with E-state index < -0.39 is 11.9 Å². The number of hydrogen-bond acceptors (Lipinski definition) is 3. The maximum atomic E-state index is 13.4. The van der Waals surface area contributed by atoms with Gasteiger partial charge in [0.2, 0.25) is 5.91 Å². The molecule has 1 atom stereocenters. The van der Waals surface area contributed by atoms with Crippen LogP contribution in [0.1, 0.15) is 19.8 Å². The van der Waals surface area contributed by atoms with Gasteiger partial charge in [-0.05, 0) is 31.0 Å². The van der Waals surface area contributed by atoms with Crippen molar-refractivity contribution in [2.75, 3.05) is 17.2 Å². The Balaban J connectivity index is 2.07. The molecule has 1 saturated heterocycles. The minimum atomic E-state index is -0.551. The smallest absolute Gasteiger partial charge is 0.253 e. The van der Waals surface area contributed by atoms with Crippen molar-refractivity contribution in [1.82, 2.24) is 0 Å². The van der Waals surface area contributed by atoms with Crippen molar-refractivity contribution >= 4 is 23.2 Å². The molecule has 0 aromatic heterocycles. The Labute approximate surface area is 110 Å². The fraction of sp³-hybridized carbons (Fsp3) is 0.385. The standard InChI is InChI=1S/C13H15FN2O3/c1-8(17)15-11-7-9(4-5-10(11)14)16-13(18)12-3-2-6-19-12/h4-5,7,12H,2-3,6H2,1H3,(H,15,17)(H,16,18). The van der Waals surface area contributed by atoms with Gasteiger partial charge in [-0.15, -0.1) is 0 Å². The van der Waals surface area contributed by atoms with E-state index in [1.54, 1.807) is 0 Å². The number of hydrogen-bond donors (Lipinski definition) is 2. The summed E-state index contributed by atoms with van der Waals surface area (Å²) in [6.07, 6.45) is 1.10. The number of benzene rings is 1. The lowest BCUT2D eigenvalue weighted by Gasteiger charge is -2.12. The van der Waals surface area contributed by atoms with Crippen molar-refractivity contribution in [3.05, 3.63) is 24.0 Å². The lowest BCUT2D eigenvalue weighted by Crippen LogP contribution is -2.26. The van der Waals surface area contributed by atoms with Gasteiger partial charge < -0.3 is 15.4 Å². The maximum absolute atomic E-state index is 13.4. The monoisotopic (exact) mass is 266 g/mol. The number of amides is 2. The van der Waals surface area contributed by atoms with Crippen LogP contribution < -0.4 is 10.6 Å². The molecule has 0 radical (unpaired) electrons. The van der Waals surface area contributed by atoms with E-state index >= 15 is 0 Å². The number of nitrogens with one attached hydrogen (secondary N) is 2. The third kappa shape index (κ3) is 3.51. The Bertz CT molecular complexity index is 499. The molecule has 1 aromatic carbocycles. The number of rotatable bonds is 3. The Morgan fingerprint density at radius 3 is 2.79 bits per heavy atom. The largest absolute Gasteiger partial charge is 0.368 e. The zero-order chi connectivity index (χ0) is 13.8. The molecule has 1 aromatic rings. The third-order valence-corrected chi connectivity index (χ3v) is 2.77. The summed E-state index contributed by atoms with van der Waals surface area (Å²) in [6.45, 7) is 1.87. The van der Waals surface area contributed by atoms with Crippen LogP contribution in [-0.4, -0.2) is 24.5 Å². The van der Waals surface area contributed by atoms with Crippen LogP contribution in [0.2, 0.25) is 0 Å². The molecule has 1 unspecified atom stereocenters. The predicted octanol–water partition coefficient (Wildman–Crippen LogP) is 1.90. The predicted molar refractivity (Wildman–Crippen MR) is 68.3 cm³/mol. The molecule has 2 N–H and O–H groups in total. The van der Waals surface area contributed by atoms with Crippen molar-refractivity contribution in [2.45, 2.75) is 25.9 Å². The van der Waals surface area contributed by atoms with E-state index in [0.717, 1.165) is 6.42 Å². The van der Waals surface area contributed by atoms with Gasteiger partial charge >= 0.3 is 0 Å². The van der Waals surface area contributed by atoms with Crippen LogP contribution in [0.4, 0.5) is 15.8 Å². The summed E-state index contributed by atoms with van der Waals surface area (Å²) in [5, 5.41) is 5.00. The highest BCUT2D eigenvalue weighted by molar-refractivity contribution is 5.95. The van der Waals surface area contributed by atoms with Crippen molar-refractivity contribution < 1.29 is 18.7 Å². The average Bonchev–Trinajstić information content (AvgIpc) is 2.86. The second kappa shape index (κ2) is 5.79. The van der Waals surface area contributed by atoms with Gasteiger partial charge in [0.15, 0.2) is 0 Å². The van der Waals surface area contributed by atoms with E-state index in [2.05, 4.69) is 10.6 Å². The fourth-order valence-corrected chi connectivity index (χ4v) is 1.90. The average molecular weight is 266 g/mol. The number of ether oxygens (including phenoxy) is 1. The molecule has 2 rings (SSSR count). The lowest BCUT2D eigenvalue weighted by atomic mass is 10.2. The highest BCUT2D eigenvalue weighted by Gasteiger charge is 2.23. The van der Waals surface area contributed by atoms with E-state index in [9.17, 15) is 14.0 Å². The highest BCUT2D eigenvalue weighted by Crippen LogP contribution is 2.21. The van der Waals surface area contributed by atoms with Gasteiger partial charge in [-0.3, -0.25) is 9.59 Å². The summed E-state index contributed by atoms with van der Waals surface area (Å²) in [4.78, 5) is 22.7. The third-order valence-electron chi connectivity index (χ3n) is 2.77. The molecule has 0 saturated carbocycles. The van der Waals surface area contributed by atoms with Crippen LogP contribution in [0.15, 0.2) is 18.2 Å². The van der Waals surface area contributed by atoms with E-state index in [1.165, 1.54) is 25.1 Å². The Morgan fingerprint density at radius 2 is 2.16 bits per heavy atom. The molecule has 1 aliphatic heterocycles. The molecule has 19 heavy (non-hydrogen) atoms. The first kappa shape index (κ1) is 13.5. The molecule has 0 aliphatic carbocycles. The summed E-state index contributed by atoms with van der Waals surface area (Å²) in [5.74, 6) is -1.18. The van der Waals surface area contributed by atoms with E-state index in [1.807, 2.05) is 0 Å². The molecule has 2 amide bonds. The van der Waals surface area contributed by atoms with Crippen LogP contribution in [0.25, 0.3) is 0 Å². The number of halogens is 1. The second-order valence-electron chi connectivity index (χ2n) is 4.37. The molecule has 1 fully saturated rings. The topological polar surface area (TPSA) is 67.4 Å². The first-order valence-electron chi connectivity index (χ1n) is 6.06. The van der Waals surface area contributed by atoms with Crippen molar-refractivity contribution in [3.63, 3.8) is 0 Å². The number of carbonyl (C=O) groups is 2. The van der Waals surface area contributed by atoms with Crippen molar-refractivity contribution in [3.8, 4) is 0 Å². The first-order chi connectivity index (χ1) is 9.06. The van der Waals surface area contributed by atoms with Gasteiger partial charge in [0.25, 0.3) is 5.91 Å². The van der Waals surface area contributed by atoms with E-state index in [-0.39, 0.29) is 17.5 Å². The molecular weight excluding hydrogens is 251 g/mol. The summed E-state index contributed by atoms with van der Waals surface area (Å²) < 4.78 is 18.7. The summed E-state index contributed by atoms with van der Waals surface area (Å²) in [5.41, 5.74) is 0.461. The number of carbonyl (C=O) groups excluding carboxylic acids is 2. The van der Waals surface area contributed by atoms with Crippen LogP contribution in [0.5, 0.6) is 0 Å². The van der Waals surface area contributed by atoms with Gasteiger partial charge in [-0.1, -0.05) is 0 Å². The highest BCUT2D eigenvalue weighted by atomic mass is 19.1. The van der Waals surface area contributed by atoms with Gasteiger partial charge in [0.05, 0.1) is 5.69 Å². The molecule has 102 valence electrons. The fourth-order valence-electron chi connectivity index (χ4n) is 1.90. The van der Waals surface area contributed by atoms with Gasteiger partial charge in [-0.2, -0.15) is 0 Å². The van der Waals surface area contributed by atoms with Crippen LogP contribution >= 0.6 is 0 Å². The molecule has 5 nitrogen and oxygen atoms in total. The molecule has 6 heteroatoms. The van der Waals surface area contributed by atoms with Gasteiger partial charge in [0.1, 0.15) is 11.9 Å². The van der Waals surface area contributed by atoms with Crippen LogP contribution in [-0.2, 0) is 14.3 Å². The first-order valence-corrected chi connectivity index (χ1v) is 6.06. The molecular formula is C13H15FN2O3. The summed E-state index contributed by atoms with van der Waals surface area (Å²) in [7, 11) is 0.